The van der Waals surface area contributed by atoms with Crippen molar-refractivity contribution in [2.24, 2.45) is 11.3 Å². The Hall–Kier alpha value is -1.67. The third kappa shape index (κ3) is 3.33. The summed E-state index contributed by atoms with van der Waals surface area (Å²) >= 11 is 0. The van der Waals surface area contributed by atoms with Crippen molar-refractivity contribution in [1.82, 2.24) is 10.2 Å². The van der Waals surface area contributed by atoms with Crippen LogP contribution in [0, 0.1) is 36.5 Å². The largest absolute Gasteiger partial charge is 0.377 e. The van der Waals surface area contributed by atoms with Gasteiger partial charge in [0, 0.05) is 19.1 Å². The molecule has 1 aromatic heterocycles. The molecule has 1 aromatic rings. The molecule has 1 saturated heterocycles. The molecule has 5 heteroatoms. The summed E-state index contributed by atoms with van der Waals surface area (Å²) < 4.78 is 5.88. The van der Waals surface area contributed by atoms with Crippen LogP contribution in [0.1, 0.15) is 44.0 Å². The summed E-state index contributed by atoms with van der Waals surface area (Å²) in [5, 5.41) is 20.9. The van der Waals surface area contributed by atoms with E-state index in [1.807, 2.05) is 13.8 Å². The molecule has 0 saturated carbocycles. The second-order valence-electron chi connectivity index (χ2n) is 6.83. The maximum atomic E-state index is 9.31. The van der Waals surface area contributed by atoms with E-state index >= 15 is 0 Å². The Balaban J connectivity index is 2.11. The predicted octanol–water partition coefficient (Wildman–Crippen LogP) is 2.83. The fourth-order valence-corrected chi connectivity index (χ4v) is 2.90. The number of aromatic nitrogens is 2. The number of nitrogens with one attached hydrogen (secondary N) is 1. The summed E-state index contributed by atoms with van der Waals surface area (Å²) in [6.07, 6.45) is 1.27. The first-order valence-corrected chi connectivity index (χ1v) is 7.44. The predicted molar refractivity (Wildman–Crippen MR) is 82.0 cm³/mol. The Morgan fingerprint density at radius 2 is 2.05 bits per heavy atom. The van der Waals surface area contributed by atoms with Crippen LogP contribution in [0.2, 0.25) is 0 Å². The number of ether oxygens (including phenoxy) is 1. The van der Waals surface area contributed by atoms with Gasteiger partial charge in [0.1, 0.15) is 11.6 Å². The van der Waals surface area contributed by atoms with Crippen LogP contribution in [0.5, 0.6) is 0 Å². The van der Waals surface area contributed by atoms with Gasteiger partial charge in [-0.05, 0) is 31.2 Å². The first-order valence-electron chi connectivity index (χ1n) is 7.44. The third-order valence-corrected chi connectivity index (χ3v) is 4.17. The molecular weight excluding hydrogens is 264 g/mol. The Bertz CT molecular complexity index is 557. The van der Waals surface area contributed by atoms with Crippen LogP contribution in [-0.4, -0.2) is 29.5 Å². The summed E-state index contributed by atoms with van der Waals surface area (Å²) in [4.78, 5) is 0. The van der Waals surface area contributed by atoms with E-state index in [4.69, 9.17) is 4.74 Å². The summed E-state index contributed by atoms with van der Waals surface area (Å²) in [5.41, 5.74) is 2.41. The van der Waals surface area contributed by atoms with Gasteiger partial charge >= 0.3 is 0 Å². The molecule has 21 heavy (non-hydrogen) atoms. The van der Waals surface area contributed by atoms with Gasteiger partial charge in [0.15, 0.2) is 5.82 Å². The van der Waals surface area contributed by atoms with Crippen LogP contribution in [0.25, 0.3) is 0 Å². The van der Waals surface area contributed by atoms with Crippen molar-refractivity contribution >= 4 is 5.82 Å². The van der Waals surface area contributed by atoms with Crippen LogP contribution in [0.4, 0.5) is 5.82 Å². The van der Waals surface area contributed by atoms with Gasteiger partial charge in [0.05, 0.1) is 11.8 Å². The maximum Gasteiger partial charge on any atom is 0.166 e. The lowest BCUT2D eigenvalue weighted by molar-refractivity contribution is 0.00956. The topological polar surface area (TPSA) is 70.8 Å². The highest BCUT2D eigenvalue weighted by atomic mass is 16.5. The highest BCUT2D eigenvalue weighted by Crippen LogP contribution is 2.34. The molecule has 0 spiro atoms. The first-order chi connectivity index (χ1) is 9.84. The van der Waals surface area contributed by atoms with Crippen molar-refractivity contribution in [3.05, 3.63) is 16.8 Å². The molecule has 0 bridgehead atoms. The molecule has 0 amide bonds. The Kier molecular flexibility index (Phi) is 4.48. The van der Waals surface area contributed by atoms with Crippen molar-refractivity contribution in [3.8, 4) is 6.07 Å². The van der Waals surface area contributed by atoms with Gasteiger partial charge in [-0.3, -0.25) is 0 Å². The van der Waals surface area contributed by atoms with Crippen molar-refractivity contribution in [1.29, 1.82) is 5.26 Å². The SMILES string of the molecule is Cc1nnc(NC[C@H]2CCO[C@@H]2C(C)(C)C)c(C#N)c1C. The quantitative estimate of drug-likeness (QED) is 0.926. The van der Waals surface area contributed by atoms with Crippen molar-refractivity contribution < 1.29 is 4.74 Å². The smallest absolute Gasteiger partial charge is 0.166 e. The molecule has 2 atom stereocenters. The normalized spacial score (nSPS) is 22.1. The summed E-state index contributed by atoms with van der Waals surface area (Å²) in [6, 6.07) is 2.23. The standard InChI is InChI=1S/C16H24N4O/c1-10-11(2)19-20-15(13(10)8-17)18-9-12-6-7-21-14(12)16(3,4)5/h12,14H,6-7,9H2,1-5H3,(H,18,20)/t12-,14+/m1/s1. The molecule has 1 aliphatic heterocycles. The summed E-state index contributed by atoms with van der Waals surface area (Å²) in [5.74, 6) is 1.01. The average Bonchev–Trinajstić information content (AvgIpc) is 2.88. The fraction of sp³-hybridized carbons (Fsp3) is 0.688. The van der Waals surface area contributed by atoms with E-state index < -0.39 is 0 Å². The van der Waals surface area contributed by atoms with E-state index in [1.54, 1.807) is 0 Å². The molecule has 0 radical (unpaired) electrons. The van der Waals surface area contributed by atoms with E-state index in [0.29, 0.717) is 17.3 Å². The number of hydrogen-bond acceptors (Lipinski definition) is 5. The maximum absolute atomic E-state index is 9.31. The van der Waals surface area contributed by atoms with E-state index in [0.717, 1.165) is 30.8 Å². The molecule has 0 aromatic carbocycles. The Morgan fingerprint density at radius 1 is 1.33 bits per heavy atom. The van der Waals surface area contributed by atoms with Crippen LogP contribution < -0.4 is 5.32 Å². The molecule has 1 fully saturated rings. The molecule has 114 valence electrons. The zero-order chi connectivity index (χ0) is 15.6. The summed E-state index contributed by atoms with van der Waals surface area (Å²) in [7, 11) is 0. The monoisotopic (exact) mass is 288 g/mol. The number of nitrogens with zero attached hydrogens (tertiary/aromatic N) is 3. The minimum absolute atomic E-state index is 0.121. The highest BCUT2D eigenvalue weighted by Gasteiger charge is 2.37. The van der Waals surface area contributed by atoms with E-state index in [2.05, 4.69) is 42.4 Å². The number of aryl methyl sites for hydroxylation is 1. The Labute approximate surface area is 126 Å². The molecule has 0 aliphatic carbocycles. The van der Waals surface area contributed by atoms with Gasteiger partial charge in [0.2, 0.25) is 0 Å². The van der Waals surface area contributed by atoms with Crippen molar-refractivity contribution in [3.63, 3.8) is 0 Å². The number of rotatable bonds is 3. The van der Waals surface area contributed by atoms with E-state index in [-0.39, 0.29) is 11.5 Å². The van der Waals surface area contributed by atoms with Gasteiger partial charge in [-0.1, -0.05) is 20.8 Å². The zero-order valence-corrected chi connectivity index (χ0v) is 13.5. The lowest BCUT2D eigenvalue weighted by Gasteiger charge is -2.31. The molecule has 5 nitrogen and oxygen atoms in total. The average molecular weight is 288 g/mol. The minimum atomic E-state index is 0.121. The minimum Gasteiger partial charge on any atom is -0.377 e. The molecule has 1 N–H and O–H groups in total. The molecular formula is C16H24N4O. The number of nitriles is 1. The van der Waals surface area contributed by atoms with Crippen LogP contribution >= 0.6 is 0 Å². The molecule has 1 aliphatic rings. The number of hydrogen-bond donors (Lipinski definition) is 1. The summed E-state index contributed by atoms with van der Waals surface area (Å²) in [6.45, 7) is 11.9. The molecule has 2 heterocycles. The first kappa shape index (κ1) is 15.7. The number of anilines is 1. The zero-order valence-electron chi connectivity index (χ0n) is 13.5. The van der Waals surface area contributed by atoms with Crippen LogP contribution in [0.15, 0.2) is 0 Å². The van der Waals surface area contributed by atoms with Gasteiger partial charge in [-0.15, -0.1) is 5.10 Å². The highest BCUT2D eigenvalue weighted by molar-refractivity contribution is 5.55. The van der Waals surface area contributed by atoms with Gasteiger partial charge in [0.25, 0.3) is 0 Å². The van der Waals surface area contributed by atoms with Gasteiger partial charge < -0.3 is 10.1 Å². The van der Waals surface area contributed by atoms with Crippen molar-refractivity contribution in [2.75, 3.05) is 18.5 Å². The van der Waals surface area contributed by atoms with Crippen molar-refractivity contribution in [2.45, 2.75) is 47.1 Å². The Morgan fingerprint density at radius 3 is 2.67 bits per heavy atom. The fourth-order valence-electron chi connectivity index (χ4n) is 2.90. The third-order valence-electron chi connectivity index (χ3n) is 4.17. The van der Waals surface area contributed by atoms with Crippen LogP contribution in [-0.2, 0) is 4.74 Å². The molecule has 2 rings (SSSR count). The lowest BCUT2D eigenvalue weighted by Crippen LogP contribution is -2.35. The van der Waals surface area contributed by atoms with E-state index in [1.165, 1.54) is 0 Å². The van der Waals surface area contributed by atoms with Gasteiger partial charge in [-0.25, -0.2) is 0 Å². The second kappa shape index (κ2) is 5.98. The lowest BCUT2D eigenvalue weighted by atomic mass is 9.81. The van der Waals surface area contributed by atoms with E-state index in [9.17, 15) is 5.26 Å². The second-order valence-corrected chi connectivity index (χ2v) is 6.83. The molecule has 0 unspecified atom stereocenters. The van der Waals surface area contributed by atoms with Crippen LogP contribution in [0.3, 0.4) is 0 Å². The van der Waals surface area contributed by atoms with Gasteiger partial charge in [-0.2, -0.15) is 10.4 Å².